The maximum Gasteiger partial charge on any atom is 0.253 e. The van der Waals surface area contributed by atoms with Gasteiger partial charge in [-0.05, 0) is 42.7 Å². The van der Waals surface area contributed by atoms with Gasteiger partial charge in [0.05, 0.1) is 12.7 Å². The van der Waals surface area contributed by atoms with E-state index in [1.807, 2.05) is 29.3 Å². The smallest absolute Gasteiger partial charge is 0.253 e. The summed E-state index contributed by atoms with van der Waals surface area (Å²) in [6, 6.07) is 9.31. The van der Waals surface area contributed by atoms with E-state index in [-0.39, 0.29) is 12.0 Å². The van der Waals surface area contributed by atoms with E-state index in [1.165, 1.54) is 0 Å². The third-order valence-corrected chi connectivity index (χ3v) is 4.73. The molecule has 4 rings (SSSR count). The molecular weight excluding hydrogens is 332 g/mol. The van der Waals surface area contributed by atoms with Crippen molar-refractivity contribution in [3.63, 3.8) is 0 Å². The predicted octanol–water partition coefficient (Wildman–Crippen LogP) is 2.67. The average molecular weight is 354 g/mol. The Morgan fingerprint density at radius 1 is 1.15 bits per heavy atom. The number of hydrogen-bond acceptors (Lipinski definition) is 5. The Morgan fingerprint density at radius 2 is 1.96 bits per heavy atom. The highest BCUT2D eigenvalue weighted by Crippen LogP contribution is 2.31. The number of fused-ring (bicyclic) bond motifs is 1. The van der Waals surface area contributed by atoms with Crippen LogP contribution in [0.15, 0.2) is 42.7 Å². The van der Waals surface area contributed by atoms with E-state index in [0.29, 0.717) is 50.0 Å². The molecule has 2 aliphatic rings. The van der Waals surface area contributed by atoms with Crippen molar-refractivity contribution in [3.8, 4) is 11.5 Å². The largest absolute Gasteiger partial charge is 0.486 e. The van der Waals surface area contributed by atoms with Gasteiger partial charge >= 0.3 is 0 Å². The summed E-state index contributed by atoms with van der Waals surface area (Å²) in [7, 11) is 0. The first-order chi connectivity index (χ1) is 12.8. The minimum absolute atomic E-state index is 0.0349. The molecule has 0 saturated carbocycles. The second-order valence-electron chi connectivity index (χ2n) is 6.52. The van der Waals surface area contributed by atoms with Crippen LogP contribution < -0.4 is 9.47 Å². The number of likely N-dealkylation sites (tertiary alicyclic amines) is 1. The lowest BCUT2D eigenvalue weighted by Crippen LogP contribution is -2.40. The molecule has 0 unspecified atom stereocenters. The average Bonchev–Trinajstić information content (AvgIpc) is 2.72. The van der Waals surface area contributed by atoms with Crippen LogP contribution in [0.25, 0.3) is 0 Å². The predicted molar refractivity (Wildman–Crippen MR) is 95.4 cm³/mol. The molecular formula is C20H22N2O4. The van der Waals surface area contributed by atoms with Gasteiger partial charge in [-0.2, -0.15) is 0 Å². The first-order valence-corrected chi connectivity index (χ1v) is 8.99. The number of carbonyl (C=O) groups is 1. The topological polar surface area (TPSA) is 60.9 Å². The van der Waals surface area contributed by atoms with E-state index in [1.54, 1.807) is 18.3 Å². The Morgan fingerprint density at radius 3 is 2.73 bits per heavy atom. The van der Waals surface area contributed by atoms with Crippen molar-refractivity contribution < 1.29 is 19.0 Å². The van der Waals surface area contributed by atoms with E-state index in [0.717, 1.165) is 18.4 Å². The quantitative estimate of drug-likeness (QED) is 0.845. The standard InChI is InChI=1S/C20H22N2O4/c23-20(16-3-4-18-19(12-16)25-11-10-24-18)22-8-5-17(6-9-22)26-14-15-2-1-7-21-13-15/h1-4,7,12-13,17H,5-6,8-11,14H2. The molecule has 6 heteroatoms. The van der Waals surface area contributed by atoms with Gasteiger partial charge in [0.25, 0.3) is 5.91 Å². The van der Waals surface area contributed by atoms with Crippen molar-refractivity contribution in [1.82, 2.24) is 9.88 Å². The number of aromatic nitrogens is 1. The maximum absolute atomic E-state index is 12.8. The van der Waals surface area contributed by atoms with Gasteiger partial charge in [0, 0.05) is 31.0 Å². The number of rotatable bonds is 4. The zero-order valence-electron chi connectivity index (χ0n) is 14.6. The summed E-state index contributed by atoms with van der Waals surface area (Å²) < 4.78 is 17.0. The number of piperidine rings is 1. The lowest BCUT2D eigenvalue weighted by molar-refractivity contribution is -0.000482. The number of benzene rings is 1. The van der Waals surface area contributed by atoms with E-state index in [4.69, 9.17) is 14.2 Å². The lowest BCUT2D eigenvalue weighted by Gasteiger charge is -2.32. The highest BCUT2D eigenvalue weighted by molar-refractivity contribution is 5.95. The van der Waals surface area contributed by atoms with E-state index in [2.05, 4.69) is 4.98 Å². The molecule has 136 valence electrons. The molecule has 1 fully saturated rings. The minimum Gasteiger partial charge on any atom is -0.486 e. The molecule has 3 heterocycles. The molecule has 0 bridgehead atoms. The first-order valence-electron chi connectivity index (χ1n) is 8.99. The molecule has 1 aromatic heterocycles. The van der Waals surface area contributed by atoms with Crippen molar-refractivity contribution in [3.05, 3.63) is 53.9 Å². The number of carbonyl (C=O) groups excluding carboxylic acids is 1. The highest BCUT2D eigenvalue weighted by atomic mass is 16.6. The van der Waals surface area contributed by atoms with Crippen LogP contribution in [0.3, 0.4) is 0 Å². The number of hydrogen-bond donors (Lipinski definition) is 0. The van der Waals surface area contributed by atoms with Gasteiger partial charge in [0.15, 0.2) is 11.5 Å². The summed E-state index contributed by atoms with van der Waals surface area (Å²) in [4.78, 5) is 18.7. The molecule has 1 amide bonds. The van der Waals surface area contributed by atoms with Gasteiger partial charge < -0.3 is 19.1 Å². The second kappa shape index (κ2) is 7.74. The number of nitrogens with zero attached hydrogens (tertiary/aromatic N) is 2. The van der Waals surface area contributed by atoms with E-state index in [9.17, 15) is 4.79 Å². The van der Waals surface area contributed by atoms with Crippen LogP contribution in [0.1, 0.15) is 28.8 Å². The molecule has 0 spiro atoms. The van der Waals surface area contributed by atoms with Crippen LogP contribution in [-0.4, -0.2) is 48.2 Å². The molecule has 1 saturated heterocycles. The Hall–Kier alpha value is -2.60. The fourth-order valence-corrected chi connectivity index (χ4v) is 3.28. The Kier molecular flexibility index (Phi) is 5.02. The third-order valence-electron chi connectivity index (χ3n) is 4.73. The summed E-state index contributed by atoms with van der Waals surface area (Å²) in [6.45, 7) is 3.03. The second-order valence-corrected chi connectivity index (χ2v) is 6.52. The minimum atomic E-state index is 0.0349. The summed E-state index contributed by atoms with van der Waals surface area (Å²) in [5.74, 6) is 1.39. The Balaban J connectivity index is 1.31. The van der Waals surface area contributed by atoms with Crippen LogP contribution in [0, 0.1) is 0 Å². The Labute approximate surface area is 152 Å². The monoisotopic (exact) mass is 354 g/mol. The summed E-state index contributed by atoms with van der Waals surface area (Å²) in [5, 5.41) is 0. The zero-order valence-corrected chi connectivity index (χ0v) is 14.6. The molecule has 6 nitrogen and oxygen atoms in total. The molecule has 0 aliphatic carbocycles. The highest BCUT2D eigenvalue weighted by Gasteiger charge is 2.25. The van der Waals surface area contributed by atoms with Crippen molar-refractivity contribution in [2.45, 2.75) is 25.6 Å². The normalized spacial score (nSPS) is 17.2. The van der Waals surface area contributed by atoms with E-state index < -0.39 is 0 Å². The van der Waals surface area contributed by atoms with Crippen molar-refractivity contribution >= 4 is 5.91 Å². The maximum atomic E-state index is 12.8. The van der Waals surface area contributed by atoms with Crippen LogP contribution in [-0.2, 0) is 11.3 Å². The molecule has 26 heavy (non-hydrogen) atoms. The summed E-state index contributed by atoms with van der Waals surface area (Å²) in [5.41, 5.74) is 1.71. The van der Waals surface area contributed by atoms with Crippen molar-refractivity contribution in [2.75, 3.05) is 26.3 Å². The Bertz CT molecular complexity index is 758. The number of ether oxygens (including phenoxy) is 3. The van der Waals surface area contributed by atoms with Gasteiger partial charge in [-0.1, -0.05) is 6.07 Å². The van der Waals surface area contributed by atoms with Gasteiger partial charge in [-0.3, -0.25) is 9.78 Å². The SMILES string of the molecule is O=C(c1ccc2c(c1)OCCO2)N1CCC(OCc2cccnc2)CC1. The molecule has 0 N–H and O–H groups in total. The molecule has 2 aliphatic heterocycles. The van der Waals surface area contributed by atoms with E-state index >= 15 is 0 Å². The number of amides is 1. The van der Waals surface area contributed by atoms with Crippen molar-refractivity contribution in [1.29, 1.82) is 0 Å². The first kappa shape index (κ1) is 16.8. The molecule has 1 aromatic carbocycles. The zero-order chi connectivity index (χ0) is 17.8. The van der Waals surface area contributed by atoms with Crippen LogP contribution in [0.5, 0.6) is 11.5 Å². The third kappa shape index (κ3) is 3.80. The fraction of sp³-hybridized carbons (Fsp3) is 0.400. The summed E-state index contributed by atoms with van der Waals surface area (Å²) >= 11 is 0. The molecule has 2 aromatic rings. The fourth-order valence-electron chi connectivity index (χ4n) is 3.28. The van der Waals surface area contributed by atoms with Gasteiger partial charge in [0.1, 0.15) is 13.2 Å². The summed E-state index contributed by atoms with van der Waals surface area (Å²) in [6.07, 6.45) is 5.44. The lowest BCUT2D eigenvalue weighted by atomic mass is 10.1. The van der Waals surface area contributed by atoms with Crippen LogP contribution in [0.4, 0.5) is 0 Å². The van der Waals surface area contributed by atoms with Crippen LogP contribution in [0.2, 0.25) is 0 Å². The molecule has 0 radical (unpaired) electrons. The number of pyridine rings is 1. The van der Waals surface area contributed by atoms with Gasteiger partial charge in [-0.25, -0.2) is 0 Å². The van der Waals surface area contributed by atoms with Crippen molar-refractivity contribution in [2.24, 2.45) is 0 Å². The van der Waals surface area contributed by atoms with Gasteiger partial charge in [-0.15, -0.1) is 0 Å². The molecule has 0 atom stereocenters. The van der Waals surface area contributed by atoms with Gasteiger partial charge in [0.2, 0.25) is 0 Å². The van der Waals surface area contributed by atoms with Crippen LogP contribution >= 0.6 is 0 Å².